The summed E-state index contributed by atoms with van der Waals surface area (Å²) in [6.45, 7) is 5.07. The van der Waals surface area contributed by atoms with Crippen LogP contribution in [0.25, 0.3) is 11.4 Å². The summed E-state index contributed by atoms with van der Waals surface area (Å²) in [5.41, 5.74) is 0.909. The molecule has 0 N–H and O–H groups in total. The second-order valence-corrected chi connectivity index (χ2v) is 10.2. The van der Waals surface area contributed by atoms with Crippen molar-refractivity contribution in [1.29, 1.82) is 0 Å². The highest BCUT2D eigenvalue weighted by molar-refractivity contribution is 8.00. The van der Waals surface area contributed by atoms with Crippen LogP contribution in [0.2, 0.25) is 5.02 Å². The first-order valence-electron chi connectivity index (χ1n) is 11.3. The summed E-state index contributed by atoms with van der Waals surface area (Å²) in [6, 6.07) is 8.55. The Hall–Kier alpha value is -1.53. The molecule has 1 aromatic heterocycles. The lowest BCUT2D eigenvalue weighted by Crippen LogP contribution is -2.46. The number of thioether (sulfide) groups is 1. The molecular weight excluding hydrogens is 416 g/mol. The first kappa shape index (κ1) is 21.7. The number of hydrogen-bond donors (Lipinski definition) is 0. The SMILES string of the molecule is CCC1CCCCN1C(=O)C(C)Sc1nnc(-c2ccccc2Cl)n1C1CCCC1. The van der Waals surface area contributed by atoms with E-state index in [0.29, 0.717) is 17.1 Å². The van der Waals surface area contributed by atoms with E-state index in [2.05, 4.69) is 26.6 Å². The van der Waals surface area contributed by atoms with E-state index in [0.717, 1.165) is 55.2 Å². The summed E-state index contributed by atoms with van der Waals surface area (Å²) in [5, 5.41) is 10.4. The van der Waals surface area contributed by atoms with Crippen molar-refractivity contribution in [2.75, 3.05) is 6.54 Å². The van der Waals surface area contributed by atoms with E-state index in [-0.39, 0.29) is 11.2 Å². The molecule has 1 amide bonds. The molecule has 4 rings (SSSR count). The van der Waals surface area contributed by atoms with E-state index in [1.807, 2.05) is 31.2 Å². The van der Waals surface area contributed by atoms with E-state index >= 15 is 0 Å². The van der Waals surface area contributed by atoms with Crippen LogP contribution in [-0.2, 0) is 4.79 Å². The molecule has 1 saturated carbocycles. The molecular formula is C23H31ClN4OS. The topological polar surface area (TPSA) is 51.0 Å². The number of amides is 1. The number of benzene rings is 1. The predicted molar refractivity (Wildman–Crippen MR) is 123 cm³/mol. The lowest BCUT2D eigenvalue weighted by Gasteiger charge is -2.36. The fourth-order valence-electron chi connectivity index (χ4n) is 4.83. The van der Waals surface area contributed by atoms with Gasteiger partial charge in [0.15, 0.2) is 11.0 Å². The number of piperidine rings is 1. The fourth-order valence-corrected chi connectivity index (χ4v) is 6.04. The van der Waals surface area contributed by atoms with E-state index in [1.54, 1.807) is 11.8 Å². The molecule has 1 aliphatic carbocycles. The van der Waals surface area contributed by atoms with Gasteiger partial charge in [-0.2, -0.15) is 0 Å². The predicted octanol–water partition coefficient (Wildman–Crippen LogP) is 5.99. The van der Waals surface area contributed by atoms with Crippen molar-refractivity contribution >= 4 is 29.3 Å². The maximum Gasteiger partial charge on any atom is 0.236 e. The minimum Gasteiger partial charge on any atom is -0.339 e. The lowest BCUT2D eigenvalue weighted by atomic mass is 10.00. The van der Waals surface area contributed by atoms with E-state index in [9.17, 15) is 4.79 Å². The van der Waals surface area contributed by atoms with Gasteiger partial charge in [-0.3, -0.25) is 9.36 Å². The van der Waals surface area contributed by atoms with Gasteiger partial charge in [-0.05, 0) is 57.6 Å². The number of carbonyl (C=O) groups excluding carboxylic acids is 1. The number of halogens is 1. The van der Waals surface area contributed by atoms with Gasteiger partial charge in [0.1, 0.15) is 0 Å². The quantitative estimate of drug-likeness (QED) is 0.511. The minimum absolute atomic E-state index is 0.180. The van der Waals surface area contributed by atoms with Crippen LogP contribution >= 0.6 is 23.4 Å². The highest BCUT2D eigenvalue weighted by Crippen LogP contribution is 2.39. The van der Waals surface area contributed by atoms with Crippen LogP contribution in [0.3, 0.4) is 0 Å². The van der Waals surface area contributed by atoms with Gasteiger partial charge in [0.05, 0.1) is 10.3 Å². The Balaban J connectivity index is 1.61. The van der Waals surface area contributed by atoms with Gasteiger partial charge in [0, 0.05) is 24.2 Å². The molecule has 2 fully saturated rings. The Bertz CT molecular complexity index is 880. The molecule has 7 heteroatoms. The first-order valence-corrected chi connectivity index (χ1v) is 12.5. The summed E-state index contributed by atoms with van der Waals surface area (Å²) in [5.74, 6) is 1.05. The monoisotopic (exact) mass is 446 g/mol. The van der Waals surface area contributed by atoms with Crippen molar-refractivity contribution in [2.45, 2.75) is 87.7 Å². The molecule has 2 aliphatic rings. The molecule has 162 valence electrons. The third kappa shape index (κ3) is 4.40. The number of rotatable bonds is 6. The van der Waals surface area contributed by atoms with Crippen LogP contribution in [0.5, 0.6) is 0 Å². The van der Waals surface area contributed by atoms with Gasteiger partial charge in [-0.1, -0.05) is 55.3 Å². The zero-order valence-electron chi connectivity index (χ0n) is 17.9. The molecule has 1 saturated heterocycles. The van der Waals surface area contributed by atoms with Crippen molar-refractivity contribution in [3.05, 3.63) is 29.3 Å². The average molecular weight is 447 g/mol. The average Bonchev–Trinajstić information content (AvgIpc) is 3.43. The number of aromatic nitrogens is 3. The highest BCUT2D eigenvalue weighted by Gasteiger charge is 2.32. The summed E-state index contributed by atoms with van der Waals surface area (Å²) >= 11 is 8.04. The molecule has 2 atom stereocenters. The van der Waals surface area contributed by atoms with Gasteiger partial charge < -0.3 is 4.90 Å². The molecule has 0 radical (unpaired) electrons. The third-order valence-electron chi connectivity index (χ3n) is 6.48. The molecule has 30 heavy (non-hydrogen) atoms. The van der Waals surface area contributed by atoms with Crippen LogP contribution in [0, 0.1) is 0 Å². The minimum atomic E-state index is -0.180. The molecule has 2 heterocycles. The number of nitrogens with zero attached hydrogens (tertiary/aromatic N) is 4. The smallest absolute Gasteiger partial charge is 0.236 e. The van der Waals surface area contributed by atoms with Gasteiger partial charge in [0.25, 0.3) is 0 Å². The van der Waals surface area contributed by atoms with E-state index in [4.69, 9.17) is 11.6 Å². The van der Waals surface area contributed by atoms with Crippen LogP contribution in [-0.4, -0.2) is 43.4 Å². The van der Waals surface area contributed by atoms with E-state index in [1.165, 1.54) is 19.3 Å². The van der Waals surface area contributed by atoms with Crippen LogP contribution < -0.4 is 0 Å². The van der Waals surface area contributed by atoms with Crippen LogP contribution in [0.1, 0.15) is 71.3 Å². The normalized spacial score (nSPS) is 21.2. The molecule has 1 aliphatic heterocycles. The molecule has 5 nitrogen and oxygen atoms in total. The third-order valence-corrected chi connectivity index (χ3v) is 7.85. The van der Waals surface area contributed by atoms with Gasteiger partial charge in [0.2, 0.25) is 5.91 Å². The second-order valence-electron chi connectivity index (χ2n) is 8.44. The zero-order valence-corrected chi connectivity index (χ0v) is 19.5. The number of carbonyl (C=O) groups is 1. The Labute approximate surface area is 188 Å². The molecule has 1 aromatic carbocycles. The van der Waals surface area contributed by atoms with Crippen molar-refractivity contribution in [1.82, 2.24) is 19.7 Å². The van der Waals surface area contributed by atoms with Gasteiger partial charge >= 0.3 is 0 Å². The van der Waals surface area contributed by atoms with Crippen LogP contribution in [0.4, 0.5) is 0 Å². The molecule has 2 unspecified atom stereocenters. The first-order chi connectivity index (χ1) is 14.6. The van der Waals surface area contributed by atoms with E-state index < -0.39 is 0 Å². The van der Waals surface area contributed by atoms with Gasteiger partial charge in [-0.15, -0.1) is 10.2 Å². The summed E-state index contributed by atoms with van der Waals surface area (Å²) in [6.07, 6.45) is 9.15. The standard InChI is InChI=1S/C23H31ClN4OS/c1-3-17-10-8-9-15-27(17)22(29)16(2)30-23-26-25-21(19-13-6-7-14-20(19)24)28(23)18-11-4-5-12-18/h6-7,13-14,16-18H,3-5,8-12,15H2,1-2H3. The number of likely N-dealkylation sites (tertiary alicyclic amines) is 1. The Kier molecular flexibility index (Phi) is 7.04. The van der Waals surface area contributed by atoms with Gasteiger partial charge in [-0.25, -0.2) is 0 Å². The fraction of sp³-hybridized carbons (Fsp3) is 0.609. The van der Waals surface area contributed by atoms with Crippen molar-refractivity contribution < 1.29 is 4.79 Å². The Morgan fingerprint density at radius 3 is 2.63 bits per heavy atom. The maximum atomic E-state index is 13.3. The largest absolute Gasteiger partial charge is 0.339 e. The second kappa shape index (κ2) is 9.73. The van der Waals surface area contributed by atoms with Crippen molar-refractivity contribution in [3.63, 3.8) is 0 Å². The summed E-state index contributed by atoms with van der Waals surface area (Å²) < 4.78 is 2.25. The molecule has 0 spiro atoms. The van der Waals surface area contributed by atoms with Crippen LogP contribution in [0.15, 0.2) is 29.4 Å². The Morgan fingerprint density at radius 1 is 1.17 bits per heavy atom. The Morgan fingerprint density at radius 2 is 1.90 bits per heavy atom. The molecule has 0 bridgehead atoms. The lowest BCUT2D eigenvalue weighted by molar-refractivity contribution is -0.134. The molecule has 2 aromatic rings. The maximum absolute atomic E-state index is 13.3. The van der Waals surface area contributed by atoms with Crippen molar-refractivity contribution in [3.8, 4) is 11.4 Å². The summed E-state index contributed by atoms with van der Waals surface area (Å²) in [4.78, 5) is 15.4. The zero-order chi connectivity index (χ0) is 21.1. The highest BCUT2D eigenvalue weighted by atomic mass is 35.5. The van der Waals surface area contributed by atoms with Crippen molar-refractivity contribution in [2.24, 2.45) is 0 Å². The number of hydrogen-bond acceptors (Lipinski definition) is 4. The summed E-state index contributed by atoms with van der Waals surface area (Å²) in [7, 11) is 0.